The lowest BCUT2D eigenvalue weighted by Gasteiger charge is -1.94. The van der Waals surface area contributed by atoms with Crippen LogP contribution in [0.25, 0.3) is 0 Å². The van der Waals surface area contributed by atoms with Crippen LogP contribution in [0.2, 0.25) is 0 Å². The van der Waals surface area contributed by atoms with Crippen LogP contribution in [0.5, 0.6) is 0 Å². The maximum absolute atomic E-state index is 8.47. The van der Waals surface area contributed by atoms with Crippen LogP contribution < -0.4 is 0 Å². The lowest BCUT2D eigenvalue weighted by atomic mass is 10.1. The lowest BCUT2D eigenvalue weighted by molar-refractivity contribution is 0.466. The van der Waals surface area contributed by atoms with E-state index in [4.69, 9.17) is 14.6 Å². The Morgan fingerprint density at radius 2 is 1.85 bits per heavy atom. The number of allylic oxidation sites excluding steroid dienone is 2. The zero-order chi connectivity index (χ0) is 9.52. The monoisotopic (exact) mass is 180 g/mol. The summed E-state index contributed by atoms with van der Waals surface area (Å²) in [4.78, 5) is 0. The van der Waals surface area contributed by atoms with Crippen LogP contribution in [0, 0.1) is 0 Å². The summed E-state index contributed by atoms with van der Waals surface area (Å²) in [5.74, 6) is 0.809. The minimum absolute atomic E-state index is 0.568. The Balaban J connectivity index is 2.65. The molecule has 0 saturated heterocycles. The van der Waals surface area contributed by atoms with Gasteiger partial charge in [0.05, 0.1) is 18.8 Å². The van der Waals surface area contributed by atoms with E-state index in [1.807, 2.05) is 6.07 Å². The minimum Gasteiger partial charge on any atom is -0.516 e. The molecule has 0 aromatic carbocycles. The van der Waals surface area contributed by atoms with E-state index in [2.05, 4.69) is 0 Å². The van der Waals surface area contributed by atoms with Crippen molar-refractivity contribution >= 4 is 0 Å². The molecular weight excluding hydrogens is 168 g/mol. The second kappa shape index (κ2) is 5.09. The molecule has 0 atom stereocenters. The van der Waals surface area contributed by atoms with Crippen molar-refractivity contribution in [2.75, 3.05) is 0 Å². The van der Waals surface area contributed by atoms with Crippen molar-refractivity contribution in [1.29, 1.82) is 0 Å². The Labute approximate surface area is 76.6 Å². The molecule has 1 rings (SSSR count). The number of aliphatic hydroxyl groups is 2. The largest absolute Gasteiger partial charge is 0.516 e. The molecule has 0 bridgehead atoms. The van der Waals surface area contributed by atoms with Gasteiger partial charge in [-0.25, -0.2) is 0 Å². The summed E-state index contributed by atoms with van der Waals surface area (Å²) in [6, 6.07) is 1.85. The third-order valence-corrected chi connectivity index (χ3v) is 1.69. The summed E-state index contributed by atoms with van der Waals surface area (Å²) in [6.07, 6.45) is 8.05. The van der Waals surface area contributed by atoms with Gasteiger partial charge in [0.1, 0.15) is 5.76 Å². The molecule has 3 nitrogen and oxygen atoms in total. The minimum atomic E-state index is 0.568. The van der Waals surface area contributed by atoms with E-state index in [1.54, 1.807) is 18.4 Å². The highest BCUT2D eigenvalue weighted by molar-refractivity contribution is 5.21. The summed E-state index contributed by atoms with van der Waals surface area (Å²) in [7, 11) is 0. The van der Waals surface area contributed by atoms with E-state index in [-0.39, 0.29) is 0 Å². The molecule has 3 heteroatoms. The molecule has 2 N–H and O–H groups in total. The van der Waals surface area contributed by atoms with Crippen molar-refractivity contribution in [3.8, 4) is 0 Å². The van der Waals surface area contributed by atoms with Gasteiger partial charge in [-0.1, -0.05) is 0 Å². The van der Waals surface area contributed by atoms with Gasteiger partial charge in [0.15, 0.2) is 0 Å². The third kappa shape index (κ3) is 2.71. The van der Waals surface area contributed by atoms with Crippen LogP contribution in [-0.4, -0.2) is 10.2 Å². The standard InChI is InChI=1S/C10H12O3/c11-6-1-3-9-5-8-13-10(9)4-2-7-12/h1-2,5-8,11-12H,3-4H2. The molecule has 0 radical (unpaired) electrons. The van der Waals surface area contributed by atoms with Crippen LogP contribution in [0.15, 0.2) is 41.4 Å². The second-order valence-corrected chi connectivity index (χ2v) is 2.55. The number of aliphatic hydroxyl groups excluding tert-OH is 2. The van der Waals surface area contributed by atoms with E-state index in [1.165, 1.54) is 0 Å². The Kier molecular flexibility index (Phi) is 3.70. The van der Waals surface area contributed by atoms with Gasteiger partial charge >= 0.3 is 0 Å². The van der Waals surface area contributed by atoms with Gasteiger partial charge in [0, 0.05) is 6.42 Å². The highest BCUT2D eigenvalue weighted by Crippen LogP contribution is 2.12. The van der Waals surface area contributed by atoms with Gasteiger partial charge < -0.3 is 14.6 Å². The lowest BCUT2D eigenvalue weighted by Crippen LogP contribution is -1.85. The molecule has 0 aliphatic rings. The summed E-state index contributed by atoms with van der Waals surface area (Å²) >= 11 is 0. The molecular formula is C10H12O3. The summed E-state index contributed by atoms with van der Waals surface area (Å²) in [5.41, 5.74) is 1.02. The normalized spacial score (nSPS) is 11.7. The van der Waals surface area contributed by atoms with E-state index >= 15 is 0 Å². The molecule has 0 amide bonds. The smallest absolute Gasteiger partial charge is 0.111 e. The molecule has 1 aromatic rings. The van der Waals surface area contributed by atoms with Crippen molar-refractivity contribution in [2.45, 2.75) is 12.8 Å². The molecule has 0 fully saturated rings. The molecule has 0 spiro atoms. The first-order chi connectivity index (χ1) is 6.38. The van der Waals surface area contributed by atoms with Crippen molar-refractivity contribution in [3.05, 3.63) is 48.3 Å². The maximum atomic E-state index is 8.47. The highest BCUT2D eigenvalue weighted by Gasteiger charge is 2.02. The fraction of sp³-hybridized carbons (Fsp3) is 0.200. The van der Waals surface area contributed by atoms with Crippen LogP contribution in [-0.2, 0) is 12.8 Å². The quantitative estimate of drug-likeness (QED) is 0.700. The van der Waals surface area contributed by atoms with Gasteiger partial charge in [-0.15, -0.1) is 0 Å². The first-order valence-corrected chi connectivity index (χ1v) is 4.02. The van der Waals surface area contributed by atoms with Gasteiger partial charge in [-0.05, 0) is 30.2 Å². The Bertz CT molecular complexity index is 268. The summed E-state index contributed by atoms with van der Waals surface area (Å²) in [6.45, 7) is 0. The topological polar surface area (TPSA) is 53.6 Å². The molecule has 0 aliphatic heterocycles. The van der Waals surface area contributed by atoms with Gasteiger partial charge in [0.2, 0.25) is 0 Å². The molecule has 13 heavy (non-hydrogen) atoms. The van der Waals surface area contributed by atoms with E-state index < -0.39 is 0 Å². The van der Waals surface area contributed by atoms with E-state index in [9.17, 15) is 0 Å². The predicted molar refractivity (Wildman–Crippen MR) is 49.7 cm³/mol. The third-order valence-electron chi connectivity index (χ3n) is 1.69. The summed E-state index contributed by atoms with van der Waals surface area (Å²) in [5, 5.41) is 16.9. The van der Waals surface area contributed by atoms with Gasteiger partial charge in [-0.2, -0.15) is 0 Å². The fourth-order valence-corrected chi connectivity index (χ4v) is 1.07. The average Bonchev–Trinajstić information content (AvgIpc) is 2.59. The maximum Gasteiger partial charge on any atom is 0.111 e. The Morgan fingerprint density at radius 3 is 2.54 bits per heavy atom. The number of hydrogen-bond acceptors (Lipinski definition) is 3. The zero-order valence-electron chi connectivity index (χ0n) is 7.18. The molecule has 0 unspecified atom stereocenters. The van der Waals surface area contributed by atoms with Gasteiger partial charge in [0.25, 0.3) is 0 Å². The van der Waals surface area contributed by atoms with Crippen LogP contribution in [0.1, 0.15) is 11.3 Å². The van der Waals surface area contributed by atoms with E-state index in [0.29, 0.717) is 12.8 Å². The first kappa shape index (κ1) is 9.45. The number of furan rings is 1. The second-order valence-electron chi connectivity index (χ2n) is 2.55. The van der Waals surface area contributed by atoms with Crippen LogP contribution >= 0.6 is 0 Å². The molecule has 0 aliphatic carbocycles. The highest BCUT2D eigenvalue weighted by atomic mass is 16.3. The van der Waals surface area contributed by atoms with Crippen LogP contribution in [0.3, 0.4) is 0 Å². The first-order valence-electron chi connectivity index (χ1n) is 4.02. The average molecular weight is 180 g/mol. The van der Waals surface area contributed by atoms with Gasteiger partial charge in [-0.3, -0.25) is 0 Å². The SMILES string of the molecule is OC=CCc1ccoc1CC=CO. The fourth-order valence-electron chi connectivity index (χ4n) is 1.07. The Morgan fingerprint density at radius 1 is 1.15 bits per heavy atom. The Hall–Kier alpha value is -1.64. The van der Waals surface area contributed by atoms with Crippen molar-refractivity contribution in [3.63, 3.8) is 0 Å². The molecule has 70 valence electrons. The van der Waals surface area contributed by atoms with Crippen molar-refractivity contribution in [2.24, 2.45) is 0 Å². The zero-order valence-corrected chi connectivity index (χ0v) is 7.18. The molecule has 1 heterocycles. The predicted octanol–water partition coefficient (Wildman–Crippen LogP) is 2.51. The van der Waals surface area contributed by atoms with E-state index in [0.717, 1.165) is 23.8 Å². The molecule has 0 saturated carbocycles. The number of rotatable bonds is 4. The summed E-state index contributed by atoms with van der Waals surface area (Å²) < 4.78 is 5.19. The van der Waals surface area contributed by atoms with Crippen LogP contribution in [0.4, 0.5) is 0 Å². The number of hydrogen-bond donors (Lipinski definition) is 2. The van der Waals surface area contributed by atoms with Crippen molar-refractivity contribution in [1.82, 2.24) is 0 Å². The van der Waals surface area contributed by atoms with Crippen molar-refractivity contribution < 1.29 is 14.6 Å². The molecule has 1 aromatic heterocycles.